The quantitative estimate of drug-likeness (QED) is 0.586. The lowest BCUT2D eigenvalue weighted by molar-refractivity contribution is -0.169. The van der Waals surface area contributed by atoms with Gasteiger partial charge in [-0.05, 0) is 49.4 Å². The Morgan fingerprint density at radius 1 is 0.682 bits per heavy atom. The third-order valence-corrected chi connectivity index (χ3v) is 5.34. The van der Waals surface area contributed by atoms with E-state index in [1.54, 1.807) is 0 Å². The van der Waals surface area contributed by atoms with Crippen LogP contribution in [0.5, 0.6) is 0 Å². The summed E-state index contributed by atoms with van der Waals surface area (Å²) < 4.78 is 10.2. The van der Waals surface area contributed by atoms with Crippen molar-refractivity contribution in [1.29, 1.82) is 0 Å². The van der Waals surface area contributed by atoms with Gasteiger partial charge in [-0.3, -0.25) is 0 Å². The highest BCUT2D eigenvalue weighted by molar-refractivity contribution is 6.29. The van der Waals surface area contributed by atoms with Gasteiger partial charge in [0.1, 0.15) is 0 Å². The van der Waals surface area contributed by atoms with Crippen LogP contribution in [0.3, 0.4) is 0 Å². The predicted molar refractivity (Wildman–Crippen MR) is 84.2 cm³/mol. The van der Waals surface area contributed by atoms with Crippen molar-refractivity contribution in [2.75, 3.05) is 13.2 Å². The van der Waals surface area contributed by atoms with E-state index in [1.807, 2.05) is 0 Å². The Bertz CT molecular complexity index is 327. The molecule has 0 atom stereocenters. The van der Waals surface area contributed by atoms with E-state index >= 15 is 0 Å². The summed E-state index contributed by atoms with van der Waals surface area (Å²) in [5.41, 5.74) is 0. The molecule has 126 valence electrons. The second kappa shape index (κ2) is 8.54. The van der Waals surface area contributed by atoms with Gasteiger partial charge in [0.25, 0.3) is 0 Å². The van der Waals surface area contributed by atoms with Crippen molar-refractivity contribution in [2.24, 2.45) is 23.7 Å². The third kappa shape index (κ3) is 5.62. The normalized spacial score (nSPS) is 32.3. The van der Waals surface area contributed by atoms with Gasteiger partial charge in [-0.1, -0.05) is 39.5 Å². The molecule has 0 amide bonds. The minimum atomic E-state index is -0.817. The Morgan fingerprint density at radius 2 is 1.00 bits per heavy atom. The van der Waals surface area contributed by atoms with Crippen molar-refractivity contribution in [3.63, 3.8) is 0 Å². The minimum absolute atomic E-state index is 0.363. The van der Waals surface area contributed by atoms with Gasteiger partial charge in [-0.15, -0.1) is 0 Å². The molecule has 0 aromatic heterocycles. The molecular weight excluding hydrogens is 280 g/mol. The first-order valence-electron chi connectivity index (χ1n) is 8.88. The molecule has 0 aliphatic heterocycles. The molecular formula is C18H30O4. The summed E-state index contributed by atoms with van der Waals surface area (Å²) in [5, 5.41) is 0. The Morgan fingerprint density at radius 3 is 1.32 bits per heavy atom. The van der Waals surface area contributed by atoms with Crippen molar-refractivity contribution >= 4 is 11.9 Å². The van der Waals surface area contributed by atoms with Crippen molar-refractivity contribution < 1.29 is 19.1 Å². The van der Waals surface area contributed by atoms with Gasteiger partial charge in [0.05, 0.1) is 13.2 Å². The fourth-order valence-corrected chi connectivity index (χ4v) is 3.50. The zero-order chi connectivity index (χ0) is 15.9. The van der Waals surface area contributed by atoms with Crippen LogP contribution in [0.2, 0.25) is 0 Å². The van der Waals surface area contributed by atoms with E-state index in [-0.39, 0.29) is 0 Å². The first kappa shape index (κ1) is 17.3. The van der Waals surface area contributed by atoms with Crippen LogP contribution in [0.25, 0.3) is 0 Å². The number of esters is 2. The van der Waals surface area contributed by atoms with Gasteiger partial charge >= 0.3 is 11.9 Å². The molecule has 0 N–H and O–H groups in total. The highest BCUT2D eigenvalue weighted by atomic mass is 16.6. The van der Waals surface area contributed by atoms with Crippen molar-refractivity contribution in [3.05, 3.63) is 0 Å². The molecule has 0 aromatic carbocycles. The van der Waals surface area contributed by atoms with E-state index in [0.717, 1.165) is 37.5 Å². The second-order valence-corrected chi connectivity index (χ2v) is 7.45. The number of carbonyl (C=O) groups is 2. The molecule has 0 aromatic rings. The molecule has 0 spiro atoms. The van der Waals surface area contributed by atoms with Crippen LogP contribution in [0.1, 0.15) is 65.2 Å². The van der Waals surface area contributed by atoms with E-state index in [0.29, 0.717) is 25.0 Å². The molecule has 0 saturated heterocycles. The van der Waals surface area contributed by atoms with Crippen LogP contribution >= 0.6 is 0 Å². The first-order chi connectivity index (χ1) is 10.5. The summed E-state index contributed by atoms with van der Waals surface area (Å²) in [6.45, 7) is 5.24. The fraction of sp³-hybridized carbons (Fsp3) is 0.889. The summed E-state index contributed by atoms with van der Waals surface area (Å²) in [4.78, 5) is 23.4. The number of carbonyl (C=O) groups excluding carboxylic acids is 2. The van der Waals surface area contributed by atoms with Crippen LogP contribution in [0.15, 0.2) is 0 Å². The molecule has 0 bridgehead atoms. The summed E-state index contributed by atoms with van der Waals surface area (Å²) >= 11 is 0. The third-order valence-electron chi connectivity index (χ3n) is 5.34. The lowest BCUT2D eigenvalue weighted by atomic mass is 9.83. The standard InChI is InChI=1S/C18H30O4/c1-13-3-7-15(8-4-13)11-21-17(19)18(20)22-12-16-9-5-14(2)6-10-16/h13-16H,3-12H2,1-2H3. The zero-order valence-electron chi connectivity index (χ0n) is 14.0. The Kier molecular flexibility index (Phi) is 6.71. The SMILES string of the molecule is CC1CCC(COC(=O)C(=O)OCC2CCC(C)CC2)CC1. The van der Waals surface area contributed by atoms with Crippen LogP contribution in [-0.4, -0.2) is 25.2 Å². The number of hydrogen-bond acceptors (Lipinski definition) is 4. The molecule has 4 nitrogen and oxygen atoms in total. The highest BCUT2D eigenvalue weighted by Crippen LogP contribution is 2.29. The van der Waals surface area contributed by atoms with E-state index < -0.39 is 11.9 Å². The van der Waals surface area contributed by atoms with Gasteiger partial charge < -0.3 is 9.47 Å². The molecule has 0 heterocycles. The molecule has 2 fully saturated rings. The average Bonchev–Trinajstić information content (AvgIpc) is 2.53. The molecule has 2 saturated carbocycles. The van der Waals surface area contributed by atoms with Crippen LogP contribution in [0.4, 0.5) is 0 Å². The summed E-state index contributed by atoms with van der Waals surface area (Å²) in [5.74, 6) is 0.733. The van der Waals surface area contributed by atoms with Crippen LogP contribution in [-0.2, 0) is 19.1 Å². The fourth-order valence-electron chi connectivity index (χ4n) is 3.50. The van der Waals surface area contributed by atoms with Crippen molar-refractivity contribution in [2.45, 2.75) is 65.2 Å². The Balaban J connectivity index is 1.59. The van der Waals surface area contributed by atoms with E-state index in [2.05, 4.69) is 13.8 Å². The van der Waals surface area contributed by atoms with Crippen LogP contribution in [0, 0.1) is 23.7 Å². The number of rotatable bonds is 4. The van der Waals surface area contributed by atoms with Gasteiger partial charge in [0.15, 0.2) is 0 Å². The molecule has 2 rings (SSSR count). The largest absolute Gasteiger partial charge is 0.457 e. The molecule has 4 heteroatoms. The molecule has 22 heavy (non-hydrogen) atoms. The summed E-state index contributed by atoms with van der Waals surface area (Å²) in [6, 6.07) is 0. The molecule has 0 unspecified atom stereocenters. The van der Waals surface area contributed by atoms with Crippen molar-refractivity contribution in [3.8, 4) is 0 Å². The predicted octanol–water partition coefficient (Wildman–Crippen LogP) is 3.73. The lowest BCUT2D eigenvalue weighted by Crippen LogP contribution is -2.27. The van der Waals surface area contributed by atoms with E-state index in [4.69, 9.17) is 9.47 Å². The van der Waals surface area contributed by atoms with E-state index in [1.165, 1.54) is 25.7 Å². The molecule has 0 radical (unpaired) electrons. The van der Waals surface area contributed by atoms with Gasteiger partial charge in [0.2, 0.25) is 0 Å². The number of ether oxygens (including phenoxy) is 2. The summed E-state index contributed by atoms with van der Waals surface area (Å²) in [7, 11) is 0. The second-order valence-electron chi connectivity index (χ2n) is 7.45. The maximum absolute atomic E-state index is 11.7. The Hall–Kier alpha value is -1.06. The molecule has 2 aliphatic rings. The highest BCUT2D eigenvalue weighted by Gasteiger charge is 2.25. The van der Waals surface area contributed by atoms with Gasteiger partial charge in [-0.2, -0.15) is 0 Å². The van der Waals surface area contributed by atoms with Gasteiger partial charge in [0, 0.05) is 0 Å². The number of hydrogen-bond donors (Lipinski definition) is 0. The summed E-state index contributed by atoms with van der Waals surface area (Å²) in [6.07, 6.45) is 9.10. The zero-order valence-corrected chi connectivity index (χ0v) is 14.0. The maximum Gasteiger partial charge on any atom is 0.417 e. The smallest absolute Gasteiger partial charge is 0.417 e. The first-order valence-corrected chi connectivity index (χ1v) is 8.88. The topological polar surface area (TPSA) is 52.6 Å². The van der Waals surface area contributed by atoms with Crippen LogP contribution < -0.4 is 0 Å². The van der Waals surface area contributed by atoms with Gasteiger partial charge in [-0.25, -0.2) is 9.59 Å². The Labute approximate surface area is 133 Å². The average molecular weight is 310 g/mol. The maximum atomic E-state index is 11.7. The molecule has 2 aliphatic carbocycles. The van der Waals surface area contributed by atoms with Crippen molar-refractivity contribution in [1.82, 2.24) is 0 Å². The minimum Gasteiger partial charge on any atom is -0.457 e. The lowest BCUT2D eigenvalue weighted by Gasteiger charge is -2.26. The van der Waals surface area contributed by atoms with E-state index in [9.17, 15) is 9.59 Å². The monoisotopic (exact) mass is 310 g/mol.